The molecule has 0 saturated carbocycles. The molecule has 0 spiro atoms. The Morgan fingerprint density at radius 1 is 1.04 bits per heavy atom. The van der Waals surface area contributed by atoms with Crippen LogP contribution in [0, 0.1) is 10.1 Å². The largest absolute Gasteiger partial charge is 0.497 e. The summed E-state index contributed by atoms with van der Waals surface area (Å²) < 4.78 is 10.2. The summed E-state index contributed by atoms with van der Waals surface area (Å²) in [6, 6.07) is 15.5. The summed E-state index contributed by atoms with van der Waals surface area (Å²) >= 11 is 0. The van der Waals surface area contributed by atoms with E-state index in [1.807, 2.05) is 30.3 Å². The van der Waals surface area contributed by atoms with Gasteiger partial charge >= 0.3 is 5.97 Å². The molecule has 0 radical (unpaired) electrons. The number of methoxy groups -OCH3 is 2. The van der Waals surface area contributed by atoms with Crippen molar-refractivity contribution in [1.29, 1.82) is 0 Å². The molecule has 4 atom stereocenters. The molecule has 0 aliphatic carbocycles. The first kappa shape index (κ1) is 19.8. The standard InChI is InChI=1S/C21H24N2O5/c1-20(19(24)28-4)17(14-10-12-16(27-3)13-11-14)21(2,23(25)26)18(22-20)15-8-6-5-7-9-15/h5-13,17-18,22H,1-4H3/t17-,18+,20+,21+/m1/s1. The summed E-state index contributed by atoms with van der Waals surface area (Å²) in [5, 5.41) is 15.6. The predicted molar refractivity (Wildman–Crippen MR) is 104 cm³/mol. The molecule has 7 nitrogen and oxygen atoms in total. The number of nitro groups is 1. The van der Waals surface area contributed by atoms with Crippen molar-refractivity contribution in [2.45, 2.75) is 36.9 Å². The molecule has 2 aromatic rings. The number of esters is 1. The van der Waals surface area contributed by atoms with Crippen LogP contribution in [0.1, 0.15) is 36.9 Å². The minimum absolute atomic E-state index is 0.291. The van der Waals surface area contributed by atoms with Crippen LogP contribution in [0.3, 0.4) is 0 Å². The number of ether oxygens (including phenoxy) is 2. The van der Waals surface area contributed by atoms with Crippen LogP contribution < -0.4 is 10.1 Å². The van der Waals surface area contributed by atoms with Crippen LogP contribution >= 0.6 is 0 Å². The van der Waals surface area contributed by atoms with Crippen LogP contribution in [-0.2, 0) is 9.53 Å². The van der Waals surface area contributed by atoms with E-state index in [4.69, 9.17) is 9.47 Å². The molecule has 1 N–H and O–H groups in total. The zero-order valence-corrected chi connectivity index (χ0v) is 16.3. The summed E-state index contributed by atoms with van der Waals surface area (Å²) in [6.07, 6.45) is 0. The fourth-order valence-corrected chi connectivity index (χ4v) is 4.41. The average molecular weight is 384 g/mol. The predicted octanol–water partition coefficient (Wildman–Crippen LogP) is 3.09. The first-order chi connectivity index (χ1) is 13.3. The Labute approximate surface area is 163 Å². The molecule has 28 heavy (non-hydrogen) atoms. The second-order valence-electron chi connectivity index (χ2n) is 7.37. The average Bonchev–Trinajstić information content (AvgIpc) is 2.97. The Bertz CT molecular complexity index is 870. The van der Waals surface area contributed by atoms with Crippen molar-refractivity contribution in [1.82, 2.24) is 5.32 Å². The molecule has 0 unspecified atom stereocenters. The number of carbonyl (C=O) groups excluding carboxylic acids is 1. The van der Waals surface area contributed by atoms with Gasteiger partial charge in [-0.15, -0.1) is 0 Å². The zero-order chi connectivity index (χ0) is 20.5. The summed E-state index contributed by atoms with van der Waals surface area (Å²) in [7, 11) is 2.84. The van der Waals surface area contributed by atoms with Crippen molar-refractivity contribution >= 4 is 5.97 Å². The molecule has 148 valence electrons. The number of rotatable bonds is 5. The van der Waals surface area contributed by atoms with Crippen LogP contribution in [0.5, 0.6) is 5.75 Å². The van der Waals surface area contributed by atoms with Crippen molar-refractivity contribution in [3.05, 3.63) is 75.8 Å². The molecule has 3 rings (SSSR count). The number of carbonyl (C=O) groups is 1. The van der Waals surface area contributed by atoms with Crippen molar-refractivity contribution in [3.8, 4) is 5.75 Å². The van der Waals surface area contributed by atoms with Crippen LogP contribution in [0.25, 0.3) is 0 Å². The lowest BCUT2D eigenvalue weighted by Gasteiger charge is -2.32. The van der Waals surface area contributed by atoms with Gasteiger partial charge in [-0.3, -0.25) is 20.2 Å². The van der Waals surface area contributed by atoms with E-state index < -0.39 is 29.0 Å². The van der Waals surface area contributed by atoms with Gasteiger partial charge in [0.25, 0.3) is 0 Å². The smallest absolute Gasteiger partial charge is 0.326 e. The topological polar surface area (TPSA) is 90.7 Å². The van der Waals surface area contributed by atoms with Crippen molar-refractivity contribution in [2.75, 3.05) is 14.2 Å². The van der Waals surface area contributed by atoms with Crippen LogP contribution in [0.4, 0.5) is 0 Å². The van der Waals surface area contributed by atoms with E-state index in [1.165, 1.54) is 7.11 Å². The molecule has 1 saturated heterocycles. The second-order valence-corrected chi connectivity index (χ2v) is 7.37. The first-order valence-corrected chi connectivity index (χ1v) is 8.98. The lowest BCUT2D eigenvalue weighted by molar-refractivity contribution is -0.571. The van der Waals surface area contributed by atoms with Gasteiger partial charge in [-0.05, 0) is 30.2 Å². The molecule has 2 aromatic carbocycles. The van der Waals surface area contributed by atoms with Crippen molar-refractivity contribution < 1.29 is 19.2 Å². The monoisotopic (exact) mass is 384 g/mol. The molecular weight excluding hydrogens is 360 g/mol. The molecule has 7 heteroatoms. The van der Waals surface area contributed by atoms with Crippen LogP contribution in [0.15, 0.2) is 54.6 Å². The van der Waals surface area contributed by atoms with Gasteiger partial charge in [-0.25, -0.2) is 0 Å². The van der Waals surface area contributed by atoms with E-state index in [0.717, 1.165) is 5.56 Å². The highest BCUT2D eigenvalue weighted by molar-refractivity contribution is 5.83. The fourth-order valence-electron chi connectivity index (χ4n) is 4.41. The lowest BCUT2D eigenvalue weighted by Crippen LogP contribution is -2.51. The Balaban J connectivity index is 2.22. The van der Waals surface area contributed by atoms with E-state index in [1.54, 1.807) is 45.2 Å². The Kier molecular flexibility index (Phi) is 5.12. The van der Waals surface area contributed by atoms with E-state index >= 15 is 0 Å². The minimum atomic E-state index is -1.49. The lowest BCUT2D eigenvalue weighted by atomic mass is 9.70. The molecule has 0 bridgehead atoms. The number of hydrogen-bond donors (Lipinski definition) is 1. The third-order valence-corrected chi connectivity index (χ3v) is 5.78. The highest BCUT2D eigenvalue weighted by atomic mass is 16.6. The fraction of sp³-hybridized carbons (Fsp3) is 0.381. The number of nitrogens with zero attached hydrogens (tertiary/aromatic N) is 1. The zero-order valence-electron chi connectivity index (χ0n) is 16.3. The third kappa shape index (κ3) is 2.92. The Morgan fingerprint density at radius 3 is 2.14 bits per heavy atom. The van der Waals surface area contributed by atoms with Gasteiger partial charge < -0.3 is 9.47 Å². The molecule has 0 amide bonds. The summed E-state index contributed by atoms with van der Waals surface area (Å²) in [6.45, 7) is 3.25. The quantitative estimate of drug-likeness (QED) is 0.484. The van der Waals surface area contributed by atoms with E-state index in [9.17, 15) is 14.9 Å². The molecular formula is C21H24N2O5. The van der Waals surface area contributed by atoms with Gasteiger partial charge in [0, 0.05) is 11.8 Å². The minimum Gasteiger partial charge on any atom is -0.497 e. The maximum absolute atomic E-state index is 12.8. The first-order valence-electron chi connectivity index (χ1n) is 8.98. The number of nitrogens with one attached hydrogen (secondary N) is 1. The molecule has 1 aliphatic heterocycles. The van der Waals surface area contributed by atoms with Gasteiger partial charge in [0.2, 0.25) is 5.54 Å². The molecule has 1 aliphatic rings. The number of hydrogen-bond acceptors (Lipinski definition) is 6. The maximum atomic E-state index is 12.8. The van der Waals surface area contributed by atoms with Gasteiger partial charge in [0.15, 0.2) is 0 Å². The second kappa shape index (κ2) is 7.24. The van der Waals surface area contributed by atoms with Crippen LogP contribution in [-0.4, -0.2) is 36.2 Å². The van der Waals surface area contributed by atoms with Crippen molar-refractivity contribution in [3.63, 3.8) is 0 Å². The van der Waals surface area contributed by atoms with Gasteiger partial charge in [0.1, 0.15) is 17.3 Å². The molecule has 0 aromatic heterocycles. The van der Waals surface area contributed by atoms with Crippen molar-refractivity contribution in [2.24, 2.45) is 0 Å². The summed E-state index contributed by atoms with van der Waals surface area (Å²) in [4.78, 5) is 24.9. The summed E-state index contributed by atoms with van der Waals surface area (Å²) in [5.74, 6) is -0.671. The Hall–Kier alpha value is -2.93. The van der Waals surface area contributed by atoms with Crippen LogP contribution in [0.2, 0.25) is 0 Å². The third-order valence-electron chi connectivity index (χ3n) is 5.78. The summed E-state index contributed by atoms with van der Waals surface area (Å²) in [5.41, 5.74) is -1.36. The van der Waals surface area contributed by atoms with Gasteiger partial charge in [-0.2, -0.15) is 0 Å². The SMILES string of the molecule is COC(=O)[C@@]1(C)N[C@@H](c2ccccc2)[C@@](C)([N+](=O)[O-])[C@@H]1c1ccc(OC)cc1. The normalized spacial score (nSPS) is 29.3. The highest BCUT2D eigenvalue weighted by Gasteiger charge is 2.69. The maximum Gasteiger partial charge on any atom is 0.326 e. The van der Waals surface area contributed by atoms with E-state index in [0.29, 0.717) is 11.3 Å². The van der Waals surface area contributed by atoms with Gasteiger partial charge in [0.05, 0.1) is 20.1 Å². The highest BCUT2D eigenvalue weighted by Crippen LogP contribution is 2.53. The van der Waals surface area contributed by atoms with E-state index in [-0.39, 0.29) is 4.92 Å². The molecule has 1 heterocycles. The number of benzene rings is 2. The molecule has 1 fully saturated rings. The van der Waals surface area contributed by atoms with E-state index in [2.05, 4.69) is 5.32 Å². The van der Waals surface area contributed by atoms with Gasteiger partial charge in [-0.1, -0.05) is 42.5 Å². The Morgan fingerprint density at radius 2 is 1.64 bits per heavy atom.